The lowest BCUT2D eigenvalue weighted by Crippen LogP contribution is -2.51. The summed E-state index contributed by atoms with van der Waals surface area (Å²) < 4.78 is 21.9. The SMILES string of the molecule is COc1ccc(-c2noc(CN3CCN(c4ccccc4)CC3C)n2)c(OC)c1OC. The number of anilines is 1. The number of hydrogen-bond donors (Lipinski definition) is 0. The minimum atomic E-state index is 0.361. The van der Waals surface area contributed by atoms with Crippen LogP contribution in [0.3, 0.4) is 0 Å². The molecule has 0 amide bonds. The molecule has 1 saturated heterocycles. The van der Waals surface area contributed by atoms with Crippen molar-refractivity contribution in [3.63, 3.8) is 0 Å². The Kier molecular flexibility index (Phi) is 6.27. The summed E-state index contributed by atoms with van der Waals surface area (Å²) in [5.74, 6) is 2.63. The monoisotopic (exact) mass is 424 g/mol. The third-order valence-electron chi connectivity index (χ3n) is 5.64. The van der Waals surface area contributed by atoms with Crippen LogP contribution in [0.1, 0.15) is 12.8 Å². The summed E-state index contributed by atoms with van der Waals surface area (Å²) >= 11 is 0. The second-order valence-electron chi connectivity index (χ2n) is 7.49. The molecule has 8 nitrogen and oxygen atoms in total. The van der Waals surface area contributed by atoms with Gasteiger partial charge < -0.3 is 23.6 Å². The number of benzene rings is 2. The summed E-state index contributed by atoms with van der Waals surface area (Å²) in [6, 6.07) is 14.5. The number of hydrogen-bond acceptors (Lipinski definition) is 8. The average Bonchev–Trinajstić information content (AvgIpc) is 3.28. The van der Waals surface area contributed by atoms with Crippen LogP contribution in [0.4, 0.5) is 5.69 Å². The minimum absolute atomic E-state index is 0.361. The molecule has 0 radical (unpaired) electrons. The molecule has 1 atom stereocenters. The van der Waals surface area contributed by atoms with E-state index in [1.807, 2.05) is 12.1 Å². The lowest BCUT2D eigenvalue weighted by atomic mass is 10.1. The fraction of sp³-hybridized carbons (Fsp3) is 0.391. The number of ether oxygens (including phenoxy) is 3. The lowest BCUT2D eigenvalue weighted by molar-refractivity contribution is 0.159. The van der Waals surface area contributed by atoms with Crippen LogP contribution in [0.15, 0.2) is 47.0 Å². The Morgan fingerprint density at radius 1 is 0.968 bits per heavy atom. The molecular weight excluding hydrogens is 396 g/mol. The average molecular weight is 425 g/mol. The van der Waals surface area contributed by atoms with E-state index in [2.05, 4.69) is 51.1 Å². The highest BCUT2D eigenvalue weighted by molar-refractivity contribution is 5.72. The first-order valence-corrected chi connectivity index (χ1v) is 10.3. The molecule has 0 N–H and O–H groups in total. The van der Waals surface area contributed by atoms with Crippen molar-refractivity contribution in [3.8, 4) is 28.6 Å². The Labute approximate surface area is 182 Å². The van der Waals surface area contributed by atoms with Crippen molar-refractivity contribution < 1.29 is 18.7 Å². The zero-order valence-corrected chi connectivity index (χ0v) is 18.4. The Balaban J connectivity index is 1.48. The first-order chi connectivity index (χ1) is 15.1. The summed E-state index contributed by atoms with van der Waals surface area (Å²) in [6.07, 6.45) is 0. The quantitative estimate of drug-likeness (QED) is 0.571. The molecule has 8 heteroatoms. The van der Waals surface area contributed by atoms with Crippen molar-refractivity contribution in [1.29, 1.82) is 0 Å². The van der Waals surface area contributed by atoms with E-state index in [9.17, 15) is 0 Å². The largest absolute Gasteiger partial charge is 0.493 e. The van der Waals surface area contributed by atoms with Gasteiger partial charge in [-0.2, -0.15) is 4.98 Å². The molecule has 4 rings (SSSR count). The molecule has 0 bridgehead atoms. The number of methoxy groups -OCH3 is 3. The van der Waals surface area contributed by atoms with Gasteiger partial charge in [0.2, 0.25) is 17.5 Å². The van der Waals surface area contributed by atoms with E-state index in [0.717, 1.165) is 19.6 Å². The van der Waals surface area contributed by atoms with E-state index < -0.39 is 0 Å². The van der Waals surface area contributed by atoms with Crippen molar-refractivity contribution in [3.05, 3.63) is 48.4 Å². The zero-order valence-electron chi connectivity index (χ0n) is 18.4. The van der Waals surface area contributed by atoms with Gasteiger partial charge in [-0.15, -0.1) is 0 Å². The van der Waals surface area contributed by atoms with Crippen LogP contribution in [-0.2, 0) is 6.54 Å². The Morgan fingerprint density at radius 3 is 2.42 bits per heavy atom. The predicted molar refractivity (Wildman–Crippen MR) is 118 cm³/mol. The first-order valence-electron chi connectivity index (χ1n) is 10.3. The normalized spacial score (nSPS) is 16.9. The Hall–Kier alpha value is -3.26. The Bertz CT molecular complexity index is 1010. The van der Waals surface area contributed by atoms with Crippen LogP contribution in [0, 0.1) is 0 Å². The predicted octanol–water partition coefficient (Wildman–Crippen LogP) is 3.47. The van der Waals surface area contributed by atoms with Gasteiger partial charge in [-0.3, -0.25) is 4.90 Å². The molecule has 2 aromatic carbocycles. The number of rotatable bonds is 7. The highest BCUT2D eigenvalue weighted by atomic mass is 16.5. The topological polar surface area (TPSA) is 73.1 Å². The highest BCUT2D eigenvalue weighted by Gasteiger charge is 2.26. The summed E-state index contributed by atoms with van der Waals surface area (Å²) in [5, 5.41) is 4.18. The van der Waals surface area contributed by atoms with Gasteiger partial charge in [0.25, 0.3) is 0 Å². The van der Waals surface area contributed by atoms with E-state index in [1.165, 1.54) is 5.69 Å². The molecule has 1 aliphatic rings. The fourth-order valence-electron chi connectivity index (χ4n) is 3.98. The third-order valence-corrected chi connectivity index (χ3v) is 5.64. The third kappa shape index (κ3) is 4.29. The number of nitrogens with zero attached hydrogens (tertiary/aromatic N) is 4. The summed E-state index contributed by atoms with van der Waals surface area (Å²) in [7, 11) is 4.74. The molecule has 31 heavy (non-hydrogen) atoms. The first kappa shape index (κ1) is 21.0. The second kappa shape index (κ2) is 9.26. The van der Waals surface area contributed by atoms with Crippen molar-refractivity contribution in [2.24, 2.45) is 0 Å². The van der Waals surface area contributed by atoms with E-state index in [0.29, 0.717) is 47.1 Å². The summed E-state index contributed by atoms with van der Waals surface area (Å²) in [5.41, 5.74) is 1.95. The van der Waals surface area contributed by atoms with Crippen molar-refractivity contribution in [2.45, 2.75) is 19.5 Å². The van der Waals surface area contributed by atoms with Gasteiger partial charge in [-0.05, 0) is 31.2 Å². The van der Waals surface area contributed by atoms with Gasteiger partial charge in [0.15, 0.2) is 11.5 Å². The van der Waals surface area contributed by atoms with E-state index >= 15 is 0 Å². The molecule has 2 heterocycles. The maximum atomic E-state index is 5.57. The van der Waals surface area contributed by atoms with Crippen LogP contribution in [0.5, 0.6) is 17.2 Å². The van der Waals surface area contributed by atoms with E-state index in [-0.39, 0.29) is 0 Å². The second-order valence-corrected chi connectivity index (χ2v) is 7.49. The summed E-state index contributed by atoms with van der Waals surface area (Å²) in [6.45, 7) is 5.66. The fourth-order valence-corrected chi connectivity index (χ4v) is 3.98. The molecule has 1 fully saturated rings. The van der Waals surface area contributed by atoms with Gasteiger partial charge in [-0.1, -0.05) is 23.4 Å². The molecule has 0 saturated carbocycles. The molecular formula is C23H28N4O4. The van der Waals surface area contributed by atoms with Crippen LogP contribution in [0.2, 0.25) is 0 Å². The van der Waals surface area contributed by atoms with Crippen molar-refractivity contribution in [1.82, 2.24) is 15.0 Å². The van der Waals surface area contributed by atoms with E-state index in [1.54, 1.807) is 27.4 Å². The lowest BCUT2D eigenvalue weighted by Gasteiger charge is -2.40. The smallest absolute Gasteiger partial charge is 0.241 e. The summed E-state index contributed by atoms with van der Waals surface area (Å²) in [4.78, 5) is 9.39. The number of para-hydroxylation sites is 1. The Morgan fingerprint density at radius 2 is 1.74 bits per heavy atom. The zero-order chi connectivity index (χ0) is 21.8. The molecule has 0 spiro atoms. The van der Waals surface area contributed by atoms with Crippen LogP contribution in [-0.4, -0.2) is 62.0 Å². The van der Waals surface area contributed by atoms with Gasteiger partial charge in [0.05, 0.1) is 33.4 Å². The molecule has 3 aromatic rings. The minimum Gasteiger partial charge on any atom is -0.493 e. The van der Waals surface area contributed by atoms with Crippen molar-refractivity contribution in [2.75, 3.05) is 45.9 Å². The van der Waals surface area contributed by atoms with Crippen LogP contribution in [0.25, 0.3) is 11.4 Å². The number of aromatic nitrogens is 2. The molecule has 0 aliphatic carbocycles. The van der Waals surface area contributed by atoms with Crippen molar-refractivity contribution >= 4 is 5.69 Å². The van der Waals surface area contributed by atoms with Gasteiger partial charge in [0, 0.05) is 31.4 Å². The van der Waals surface area contributed by atoms with Gasteiger partial charge >= 0.3 is 0 Å². The molecule has 1 aliphatic heterocycles. The molecule has 1 unspecified atom stereocenters. The number of piperazine rings is 1. The van der Waals surface area contributed by atoms with Crippen LogP contribution >= 0.6 is 0 Å². The van der Waals surface area contributed by atoms with E-state index in [4.69, 9.17) is 18.7 Å². The van der Waals surface area contributed by atoms with Crippen LogP contribution < -0.4 is 19.1 Å². The molecule has 164 valence electrons. The highest BCUT2D eigenvalue weighted by Crippen LogP contribution is 2.43. The maximum Gasteiger partial charge on any atom is 0.241 e. The molecule has 1 aromatic heterocycles. The standard InChI is InChI=1S/C23H28N4O4/c1-16-14-27(17-8-6-5-7-9-17)13-12-26(16)15-20-24-23(25-31-20)18-10-11-19(28-2)22(30-4)21(18)29-3/h5-11,16H,12-15H2,1-4H3. The van der Waals surface area contributed by atoms with Gasteiger partial charge in [0.1, 0.15) is 0 Å². The maximum absolute atomic E-state index is 5.57. The van der Waals surface area contributed by atoms with Gasteiger partial charge in [-0.25, -0.2) is 0 Å².